The third kappa shape index (κ3) is 3.75. The van der Waals surface area contributed by atoms with E-state index in [-0.39, 0.29) is 22.9 Å². The van der Waals surface area contributed by atoms with E-state index in [4.69, 9.17) is 25.8 Å². The van der Waals surface area contributed by atoms with Crippen LogP contribution in [0, 0.1) is 10.1 Å². The maximum Gasteiger partial charge on any atom is 0.339 e. The molecule has 2 aromatic carbocycles. The first-order valence-corrected chi connectivity index (χ1v) is 7.16. The Balaban J connectivity index is 2.16. The van der Waals surface area contributed by atoms with Gasteiger partial charge in [0.05, 0.1) is 29.7 Å². The maximum atomic E-state index is 12.1. The molecule has 8 heteroatoms. The SMILES string of the molecule is COc1cccc(COC(=O)c2ccc([N+](=O)[O-])cc2Cl)c1OC. The molecule has 126 valence electrons. The smallest absolute Gasteiger partial charge is 0.339 e. The van der Waals surface area contributed by atoms with Gasteiger partial charge in [0.2, 0.25) is 0 Å². The number of hydrogen-bond acceptors (Lipinski definition) is 6. The molecule has 0 aliphatic rings. The Morgan fingerprint density at radius 3 is 2.54 bits per heavy atom. The molecule has 0 N–H and O–H groups in total. The molecule has 7 nitrogen and oxygen atoms in total. The Hall–Kier alpha value is -2.80. The largest absolute Gasteiger partial charge is 0.493 e. The Morgan fingerprint density at radius 2 is 1.96 bits per heavy atom. The van der Waals surface area contributed by atoms with Crippen LogP contribution in [0.15, 0.2) is 36.4 Å². The number of rotatable bonds is 6. The molecular weight excluding hydrogens is 338 g/mol. The minimum Gasteiger partial charge on any atom is -0.493 e. The van der Waals surface area contributed by atoms with Gasteiger partial charge in [0.25, 0.3) is 5.69 Å². The van der Waals surface area contributed by atoms with Crippen LogP contribution in [0.5, 0.6) is 11.5 Å². The predicted octanol–water partition coefficient (Wildman–Crippen LogP) is 3.62. The van der Waals surface area contributed by atoms with Crippen molar-refractivity contribution in [3.63, 3.8) is 0 Å². The lowest BCUT2D eigenvalue weighted by atomic mass is 10.2. The van der Waals surface area contributed by atoms with Crippen LogP contribution in [0.25, 0.3) is 0 Å². The minimum absolute atomic E-state index is 0.0455. The summed E-state index contributed by atoms with van der Waals surface area (Å²) in [6.07, 6.45) is 0. The van der Waals surface area contributed by atoms with E-state index in [1.165, 1.54) is 26.4 Å². The fourth-order valence-corrected chi connectivity index (χ4v) is 2.32. The van der Waals surface area contributed by atoms with Crippen LogP contribution in [-0.2, 0) is 11.3 Å². The third-order valence-electron chi connectivity index (χ3n) is 3.23. The molecular formula is C16H14ClNO6. The first kappa shape index (κ1) is 17.6. The Labute approximate surface area is 142 Å². The summed E-state index contributed by atoms with van der Waals surface area (Å²) in [6, 6.07) is 8.73. The van der Waals surface area contributed by atoms with Gasteiger partial charge in [-0.1, -0.05) is 23.7 Å². The summed E-state index contributed by atoms with van der Waals surface area (Å²) in [5, 5.41) is 10.6. The number of carbonyl (C=O) groups is 1. The van der Waals surface area contributed by atoms with Gasteiger partial charge >= 0.3 is 5.97 Å². The Kier molecular flexibility index (Phi) is 5.59. The monoisotopic (exact) mass is 351 g/mol. The highest BCUT2D eigenvalue weighted by Gasteiger charge is 2.17. The third-order valence-corrected chi connectivity index (χ3v) is 3.54. The average Bonchev–Trinajstić information content (AvgIpc) is 2.58. The van der Waals surface area contributed by atoms with Crippen molar-refractivity contribution in [1.29, 1.82) is 0 Å². The van der Waals surface area contributed by atoms with Crippen molar-refractivity contribution in [3.05, 3.63) is 62.7 Å². The van der Waals surface area contributed by atoms with E-state index in [1.807, 2.05) is 0 Å². The second-order valence-electron chi connectivity index (χ2n) is 4.65. The van der Waals surface area contributed by atoms with Crippen LogP contribution in [0.1, 0.15) is 15.9 Å². The first-order valence-electron chi connectivity index (χ1n) is 6.79. The van der Waals surface area contributed by atoms with Crippen LogP contribution < -0.4 is 9.47 Å². The van der Waals surface area contributed by atoms with Gasteiger partial charge in [-0.15, -0.1) is 0 Å². The van der Waals surface area contributed by atoms with Gasteiger partial charge in [-0.3, -0.25) is 10.1 Å². The second-order valence-corrected chi connectivity index (χ2v) is 5.06. The zero-order chi connectivity index (χ0) is 17.7. The number of nitro groups is 1. The minimum atomic E-state index is -0.695. The maximum absolute atomic E-state index is 12.1. The predicted molar refractivity (Wildman–Crippen MR) is 86.8 cm³/mol. The number of nitrogens with zero attached hydrogens (tertiary/aromatic N) is 1. The summed E-state index contributed by atoms with van der Waals surface area (Å²) in [4.78, 5) is 22.2. The van der Waals surface area contributed by atoms with Crippen molar-refractivity contribution in [2.45, 2.75) is 6.61 Å². The number of hydrogen-bond donors (Lipinski definition) is 0. The van der Waals surface area contributed by atoms with Gasteiger partial charge in [0.1, 0.15) is 6.61 Å². The first-order chi connectivity index (χ1) is 11.5. The van der Waals surface area contributed by atoms with Gasteiger partial charge in [0, 0.05) is 17.7 Å². The molecule has 0 heterocycles. The number of non-ortho nitro benzene ring substituents is 1. The van der Waals surface area contributed by atoms with Crippen LogP contribution in [-0.4, -0.2) is 25.1 Å². The molecule has 2 rings (SSSR count). The molecule has 0 saturated heterocycles. The van der Waals surface area contributed by atoms with E-state index in [0.29, 0.717) is 17.1 Å². The number of nitro benzene ring substituents is 1. The zero-order valence-corrected chi connectivity index (χ0v) is 13.7. The Morgan fingerprint density at radius 1 is 1.21 bits per heavy atom. The van der Waals surface area contributed by atoms with Crippen molar-refractivity contribution < 1.29 is 23.9 Å². The van der Waals surface area contributed by atoms with E-state index < -0.39 is 10.9 Å². The molecule has 0 saturated carbocycles. The molecule has 0 aromatic heterocycles. The van der Waals surface area contributed by atoms with Crippen molar-refractivity contribution in [2.24, 2.45) is 0 Å². The number of benzene rings is 2. The topological polar surface area (TPSA) is 87.9 Å². The molecule has 0 aliphatic heterocycles. The van der Waals surface area contributed by atoms with Crippen molar-refractivity contribution in [2.75, 3.05) is 14.2 Å². The van der Waals surface area contributed by atoms with Gasteiger partial charge in [-0.05, 0) is 12.1 Å². The molecule has 24 heavy (non-hydrogen) atoms. The highest BCUT2D eigenvalue weighted by molar-refractivity contribution is 6.33. The lowest BCUT2D eigenvalue weighted by Gasteiger charge is -2.13. The summed E-state index contributed by atoms with van der Waals surface area (Å²) in [6.45, 7) is -0.0630. The van der Waals surface area contributed by atoms with Crippen LogP contribution in [0.4, 0.5) is 5.69 Å². The Bertz CT molecular complexity index is 777. The molecule has 0 unspecified atom stereocenters. The van der Waals surface area contributed by atoms with Crippen molar-refractivity contribution in [3.8, 4) is 11.5 Å². The standard InChI is InChI=1S/C16H14ClNO6/c1-22-14-5-3-4-10(15(14)23-2)9-24-16(19)12-7-6-11(18(20)21)8-13(12)17/h3-8H,9H2,1-2H3. The molecule has 2 aromatic rings. The van der Waals surface area contributed by atoms with Gasteiger partial charge < -0.3 is 14.2 Å². The molecule has 0 amide bonds. The quantitative estimate of drug-likeness (QED) is 0.448. The van der Waals surface area contributed by atoms with E-state index in [2.05, 4.69) is 0 Å². The van der Waals surface area contributed by atoms with Gasteiger partial charge in [-0.25, -0.2) is 4.79 Å². The highest BCUT2D eigenvalue weighted by Crippen LogP contribution is 2.31. The van der Waals surface area contributed by atoms with E-state index in [9.17, 15) is 14.9 Å². The van der Waals surface area contributed by atoms with Crippen LogP contribution >= 0.6 is 11.6 Å². The summed E-state index contributed by atoms with van der Waals surface area (Å²) in [5.74, 6) is 0.279. The second kappa shape index (κ2) is 7.65. The number of methoxy groups -OCH3 is 2. The lowest BCUT2D eigenvalue weighted by molar-refractivity contribution is -0.384. The highest BCUT2D eigenvalue weighted by atomic mass is 35.5. The zero-order valence-electron chi connectivity index (χ0n) is 12.9. The molecule has 0 radical (unpaired) electrons. The normalized spacial score (nSPS) is 10.1. The molecule has 0 bridgehead atoms. The summed E-state index contributed by atoms with van der Waals surface area (Å²) < 4.78 is 15.6. The number of para-hydroxylation sites is 1. The van der Waals surface area contributed by atoms with E-state index in [0.717, 1.165) is 6.07 Å². The van der Waals surface area contributed by atoms with Gasteiger partial charge in [0.15, 0.2) is 11.5 Å². The lowest BCUT2D eigenvalue weighted by Crippen LogP contribution is -2.07. The molecule has 0 spiro atoms. The molecule has 0 aliphatic carbocycles. The van der Waals surface area contributed by atoms with E-state index >= 15 is 0 Å². The number of esters is 1. The van der Waals surface area contributed by atoms with Crippen LogP contribution in [0.2, 0.25) is 5.02 Å². The van der Waals surface area contributed by atoms with Gasteiger partial charge in [-0.2, -0.15) is 0 Å². The summed E-state index contributed by atoms with van der Waals surface area (Å²) in [5.41, 5.74) is 0.457. The summed E-state index contributed by atoms with van der Waals surface area (Å²) in [7, 11) is 2.99. The average molecular weight is 352 g/mol. The molecule has 0 atom stereocenters. The van der Waals surface area contributed by atoms with Crippen molar-refractivity contribution >= 4 is 23.3 Å². The fraction of sp³-hybridized carbons (Fsp3) is 0.188. The number of ether oxygens (including phenoxy) is 3. The number of carbonyl (C=O) groups excluding carboxylic acids is 1. The van der Waals surface area contributed by atoms with E-state index in [1.54, 1.807) is 18.2 Å². The summed E-state index contributed by atoms with van der Waals surface area (Å²) >= 11 is 5.91. The number of halogens is 1. The fourth-order valence-electron chi connectivity index (χ4n) is 2.07. The molecule has 0 fully saturated rings. The van der Waals surface area contributed by atoms with Crippen molar-refractivity contribution in [1.82, 2.24) is 0 Å². The van der Waals surface area contributed by atoms with Crippen LogP contribution in [0.3, 0.4) is 0 Å².